The van der Waals surface area contributed by atoms with E-state index in [9.17, 15) is 13.5 Å². The fourth-order valence-corrected chi connectivity index (χ4v) is 5.23. The summed E-state index contributed by atoms with van der Waals surface area (Å²) >= 11 is 1.28. The molecule has 2 heterocycles. The van der Waals surface area contributed by atoms with E-state index in [0.717, 1.165) is 0 Å². The van der Waals surface area contributed by atoms with Crippen molar-refractivity contribution >= 4 is 21.4 Å². The van der Waals surface area contributed by atoms with Gasteiger partial charge in [-0.25, -0.2) is 8.42 Å². The molecule has 7 heteroatoms. The molecule has 0 aliphatic carbocycles. The van der Waals surface area contributed by atoms with Crippen LogP contribution in [0.3, 0.4) is 0 Å². The molecule has 1 saturated heterocycles. The van der Waals surface area contributed by atoms with Crippen molar-refractivity contribution in [1.82, 2.24) is 9.21 Å². The molecule has 1 aromatic rings. The highest BCUT2D eigenvalue weighted by atomic mass is 32.2. The smallest absolute Gasteiger partial charge is 0.244 e. The molecule has 1 aliphatic rings. The lowest BCUT2D eigenvalue weighted by molar-refractivity contribution is 0.105. The van der Waals surface area contributed by atoms with Gasteiger partial charge in [0.15, 0.2) is 0 Å². The highest BCUT2D eigenvalue weighted by Crippen LogP contribution is 2.27. The van der Waals surface area contributed by atoms with Crippen LogP contribution >= 0.6 is 11.3 Å². The molecule has 2 atom stereocenters. The second-order valence-electron chi connectivity index (χ2n) is 5.05. The summed E-state index contributed by atoms with van der Waals surface area (Å²) in [6.45, 7) is 4.80. The first-order chi connectivity index (χ1) is 8.87. The second kappa shape index (κ2) is 5.49. The van der Waals surface area contributed by atoms with E-state index >= 15 is 0 Å². The average molecular weight is 304 g/mol. The first-order valence-electron chi connectivity index (χ1n) is 6.27. The Morgan fingerprint density at radius 3 is 2.47 bits per heavy atom. The molecule has 108 valence electrons. The Hall–Kier alpha value is -0.470. The summed E-state index contributed by atoms with van der Waals surface area (Å²) in [6, 6.07) is 1.96. The summed E-state index contributed by atoms with van der Waals surface area (Å²) in [4.78, 5) is 2.95. The number of hydrogen-bond donors (Lipinski definition) is 1. The number of hydrogen-bond acceptors (Lipinski definition) is 5. The molecule has 0 aromatic carbocycles. The summed E-state index contributed by atoms with van der Waals surface area (Å²) in [5, 5.41) is 10.9. The van der Waals surface area contributed by atoms with Crippen LogP contribution in [0, 0.1) is 0 Å². The summed E-state index contributed by atoms with van der Waals surface area (Å²) < 4.78 is 26.8. The Kier molecular flexibility index (Phi) is 4.32. The highest BCUT2D eigenvalue weighted by molar-refractivity contribution is 7.89. The van der Waals surface area contributed by atoms with Gasteiger partial charge in [-0.3, -0.25) is 4.90 Å². The molecule has 1 N–H and O–H groups in total. The molecule has 1 fully saturated rings. The zero-order chi connectivity index (χ0) is 14.2. The number of aliphatic hydroxyl groups is 1. The van der Waals surface area contributed by atoms with Crippen LogP contribution in [0.4, 0.5) is 0 Å². The second-order valence-corrected chi connectivity index (χ2v) is 7.96. The Labute approximate surface area is 118 Å². The average Bonchev–Trinajstić information content (AvgIpc) is 2.84. The first-order valence-corrected chi connectivity index (χ1v) is 8.59. The number of likely N-dealkylation sites (N-methyl/N-ethyl adjacent to an activating group) is 1. The van der Waals surface area contributed by atoms with Crippen molar-refractivity contribution in [3.05, 3.63) is 16.3 Å². The Balaban J connectivity index is 2.31. The van der Waals surface area contributed by atoms with E-state index in [0.29, 0.717) is 18.0 Å². The van der Waals surface area contributed by atoms with Crippen molar-refractivity contribution in [2.45, 2.75) is 37.4 Å². The third-order valence-electron chi connectivity index (χ3n) is 3.79. The van der Waals surface area contributed by atoms with Gasteiger partial charge in [0, 0.05) is 30.1 Å². The largest absolute Gasteiger partial charge is 0.391 e. The number of piperazine rings is 1. The third-order valence-corrected chi connectivity index (χ3v) is 6.74. The molecular formula is C12H20N2O3S2. The van der Waals surface area contributed by atoms with Crippen LogP contribution in [-0.4, -0.2) is 55.0 Å². The predicted octanol–water partition coefficient (Wildman–Crippen LogP) is 0.954. The van der Waals surface area contributed by atoms with Gasteiger partial charge in [0.25, 0.3) is 0 Å². The number of nitrogens with zero attached hydrogens (tertiary/aromatic N) is 2. The van der Waals surface area contributed by atoms with Crippen molar-refractivity contribution in [2.24, 2.45) is 0 Å². The van der Waals surface area contributed by atoms with Gasteiger partial charge in [-0.1, -0.05) is 0 Å². The molecule has 2 unspecified atom stereocenters. The van der Waals surface area contributed by atoms with E-state index in [2.05, 4.69) is 4.90 Å². The Morgan fingerprint density at radius 2 is 1.95 bits per heavy atom. The summed E-state index contributed by atoms with van der Waals surface area (Å²) in [7, 11) is -1.48. The molecule has 0 bridgehead atoms. The van der Waals surface area contributed by atoms with Gasteiger partial charge in [-0.15, -0.1) is 11.3 Å². The zero-order valence-corrected chi connectivity index (χ0v) is 13.0. The van der Waals surface area contributed by atoms with E-state index in [-0.39, 0.29) is 23.6 Å². The first kappa shape index (κ1) is 14.9. The maximum Gasteiger partial charge on any atom is 0.244 e. The van der Waals surface area contributed by atoms with Crippen LogP contribution in [0.1, 0.15) is 18.7 Å². The van der Waals surface area contributed by atoms with Crippen LogP contribution in [0.25, 0.3) is 0 Å². The van der Waals surface area contributed by atoms with Gasteiger partial charge in [-0.05, 0) is 32.3 Å². The quantitative estimate of drug-likeness (QED) is 0.903. The van der Waals surface area contributed by atoms with E-state index < -0.39 is 10.0 Å². The van der Waals surface area contributed by atoms with Gasteiger partial charge < -0.3 is 5.11 Å². The number of rotatable bonds is 3. The lowest BCUT2D eigenvalue weighted by Gasteiger charge is -2.41. The van der Waals surface area contributed by atoms with E-state index in [1.165, 1.54) is 15.6 Å². The molecule has 0 spiro atoms. The number of sulfonamides is 1. The van der Waals surface area contributed by atoms with Crippen LogP contribution < -0.4 is 0 Å². The number of thiophene rings is 1. The zero-order valence-electron chi connectivity index (χ0n) is 11.4. The van der Waals surface area contributed by atoms with Crippen LogP contribution in [-0.2, 0) is 16.6 Å². The predicted molar refractivity (Wildman–Crippen MR) is 75.7 cm³/mol. The minimum absolute atomic E-state index is 0.190. The normalized spacial score (nSPS) is 26.7. The van der Waals surface area contributed by atoms with Crippen LogP contribution in [0.2, 0.25) is 0 Å². The monoisotopic (exact) mass is 304 g/mol. The van der Waals surface area contributed by atoms with Crippen molar-refractivity contribution in [1.29, 1.82) is 0 Å². The molecule has 1 aromatic heterocycles. The summed E-state index contributed by atoms with van der Waals surface area (Å²) in [5.74, 6) is 0. The summed E-state index contributed by atoms with van der Waals surface area (Å²) in [5.41, 5.74) is 0. The molecule has 0 amide bonds. The molecule has 0 saturated carbocycles. The van der Waals surface area contributed by atoms with Gasteiger partial charge in [-0.2, -0.15) is 4.31 Å². The van der Waals surface area contributed by atoms with Crippen molar-refractivity contribution in [2.75, 3.05) is 20.1 Å². The molecule has 2 rings (SSSR count). The van der Waals surface area contributed by atoms with Crippen molar-refractivity contribution < 1.29 is 13.5 Å². The molecular weight excluding hydrogens is 284 g/mol. The standard InChI is InChI=1S/C12H20N2O3S2/c1-9-6-14(7-10(2)13(9)3)19(16,17)12-4-5-18-11(12)8-15/h4-5,9-10,15H,6-8H2,1-3H3. The Morgan fingerprint density at radius 1 is 1.37 bits per heavy atom. The minimum Gasteiger partial charge on any atom is -0.391 e. The fraction of sp³-hybridized carbons (Fsp3) is 0.667. The van der Waals surface area contributed by atoms with Gasteiger partial charge in [0.05, 0.1) is 11.5 Å². The van der Waals surface area contributed by atoms with Crippen molar-refractivity contribution in [3.63, 3.8) is 0 Å². The molecule has 0 radical (unpaired) electrons. The topological polar surface area (TPSA) is 60.9 Å². The van der Waals surface area contributed by atoms with Crippen LogP contribution in [0.5, 0.6) is 0 Å². The summed E-state index contributed by atoms with van der Waals surface area (Å²) in [6.07, 6.45) is 0. The van der Waals surface area contributed by atoms with Crippen LogP contribution in [0.15, 0.2) is 16.3 Å². The molecule has 1 aliphatic heterocycles. The maximum absolute atomic E-state index is 12.6. The fourth-order valence-electron chi connectivity index (χ4n) is 2.37. The van der Waals surface area contributed by atoms with Crippen molar-refractivity contribution in [3.8, 4) is 0 Å². The van der Waals surface area contributed by atoms with Gasteiger partial charge in [0.1, 0.15) is 0 Å². The molecule has 19 heavy (non-hydrogen) atoms. The number of aliphatic hydroxyl groups excluding tert-OH is 1. The van der Waals surface area contributed by atoms with E-state index in [4.69, 9.17) is 0 Å². The SMILES string of the molecule is CC1CN(S(=O)(=O)c2ccsc2CO)CC(C)N1C. The maximum atomic E-state index is 12.6. The third kappa shape index (κ3) is 2.71. The highest BCUT2D eigenvalue weighted by Gasteiger charge is 2.35. The lowest BCUT2D eigenvalue weighted by atomic mass is 10.1. The Bertz CT molecular complexity index is 529. The van der Waals surface area contributed by atoms with Gasteiger partial charge >= 0.3 is 0 Å². The minimum atomic E-state index is -3.49. The lowest BCUT2D eigenvalue weighted by Crippen LogP contribution is -2.56. The van der Waals surface area contributed by atoms with E-state index in [1.54, 1.807) is 11.4 Å². The molecule has 5 nitrogen and oxygen atoms in total. The van der Waals surface area contributed by atoms with Gasteiger partial charge in [0.2, 0.25) is 10.0 Å². The van der Waals surface area contributed by atoms with E-state index in [1.807, 2.05) is 20.9 Å².